The van der Waals surface area contributed by atoms with Gasteiger partial charge in [-0.3, -0.25) is 4.79 Å². The molecule has 5 heteroatoms. The minimum atomic E-state index is -0.0848. The second-order valence-electron chi connectivity index (χ2n) is 8.01. The highest BCUT2D eigenvalue weighted by atomic mass is 16.5. The number of furan rings is 1. The second kappa shape index (κ2) is 11.6. The van der Waals surface area contributed by atoms with Gasteiger partial charge in [-0.25, -0.2) is 0 Å². The van der Waals surface area contributed by atoms with Gasteiger partial charge in [-0.05, 0) is 74.8 Å². The lowest BCUT2D eigenvalue weighted by Gasteiger charge is -2.21. The summed E-state index contributed by atoms with van der Waals surface area (Å²) < 4.78 is 11.4. The van der Waals surface area contributed by atoms with Crippen LogP contribution in [0.3, 0.4) is 0 Å². The summed E-state index contributed by atoms with van der Waals surface area (Å²) in [5.41, 5.74) is 8.25. The third kappa shape index (κ3) is 6.34. The van der Waals surface area contributed by atoms with Crippen LogP contribution in [0, 0.1) is 0 Å². The molecule has 3 rings (SSSR count). The molecular formula is C26H34N2O3. The Balaban J connectivity index is 1.52. The zero-order valence-corrected chi connectivity index (χ0v) is 18.7. The number of ether oxygens (including phenoxy) is 1. The molecule has 0 unspecified atom stereocenters. The van der Waals surface area contributed by atoms with Crippen molar-refractivity contribution in [3.05, 3.63) is 59.9 Å². The van der Waals surface area contributed by atoms with E-state index in [2.05, 4.69) is 18.7 Å². The molecule has 1 heterocycles. The zero-order chi connectivity index (χ0) is 22.1. The van der Waals surface area contributed by atoms with Crippen molar-refractivity contribution in [1.82, 2.24) is 4.90 Å². The van der Waals surface area contributed by atoms with Crippen LogP contribution in [-0.2, 0) is 0 Å². The molecule has 0 amide bonds. The smallest absolute Gasteiger partial charge is 0.196 e. The number of fused-ring (bicyclic) bond motifs is 1. The molecule has 0 bridgehead atoms. The van der Waals surface area contributed by atoms with Gasteiger partial charge in [0, 0.05) is 23.2 Å². The molecule has 0 fully saturated rings. The second-order valence-corrected chi connectivity index (χ2v) is 8.01. The summed E-state index contributed by atoms with van der Waals surface area (Å²) >= 11 is 0. The Morgan fingerprint density at radius 1 is 0.968 bits per heavy atom. The highest BCUT2D eigenvalue weighted by Crippen LogP contribution is 2.26. The van der Waals surface area contributed by atoms with Crippen molar-refractivity contribution in [3.63, 3.8) is 0 Å². The maximum absolute atomic E-state index is 12.9. The van der Waals surface area contributed by atoms with Gasteiger partial charge in [0.05, 0.1) is 12.2 Å². The molecule has 0 aliphatic carbocycles. The summed E-state index contributed by atoms with van der Waals surface area (Å²) in [4.78, 5) is 15.4. The summed E-state index contributed by atoms with van der Waals surface area (Å²) in [5.74, 6) is 0.699. The van der Waals surface area contributed by atoms with Gasteiger partial charge in [0.25, 0.3) is 0 Å². The Labute approximate surface area is 185 Å². The van der Waals surface area contributed by atoms with Gasteiger partial charge in [0.2, 0.25) is 0 Å². The van der Waals surface area contributed by atoms with Crippen molar-refractivity contribution in [3.8, 4) is 5.75 Å². The number of hydrogen-bond donors (Lipinski definition) is 1. The Hall–Kier alpha value is -2.79. The number of nitrogen functional groups attached to an aromatic ring is 1. The average Bonchev–Trinajstić information content (AvgIpc) is 3.20. The molecule has 0 saturated heterocycles. The molecule has 2 N–H and O–H groups in total. The zero-order valence-electron chi connectivity index (χ0n) is 18.7. The lowest BCUT2D eigenvalue weighted by Crippen LogP contribution is -2.28. The summed E-state index contributed by atoms with van der Waals surface area (Å²) in [6.07, 6.45) is 7.45. The topological polar surface area (TPSA) is 68.7 Å². The number of ketones is 1. The van der Waals surface area contributed by atoms with Crippen molar-refractivity contribution in [2.45, 2.75) is 46.0 Å². The van der Waals surface area contributed by atoms with Gasteiger partial charge in [-0.2, -0.15) is 0 Å². The first-order chi connectivity index (χ1) is 15.1. The summed E-state index contributed by atoms with van der Waals surface area (Å²) in [7, 11) is 0. The van der Waals surface area contributed by atoms with E-state index >= 15 is 0 Å². The number of hydrogen-bond acceptors (Lipinski definition) is 5. The standard InChI is InChI=1S/C26H34N2O3/c1-3-5-14-28(15-6-4-2)16-7-17-30-22-11-8-20(9-12-22)26(29)24-19-31-25-13-10-21(27)18-23(24)25/h8-13,18-19H,3-7,14-17,27H2,1-2H3. The molecule has 0 aliphatic rings. The normalized spacial score (nSPS) is 11.3. The summed E-state index contributed by atoms with van der Waals surface area (Å²) in [6.45, 7) is 8.55. The Morgan fingerprint density at radius 2 is 1.65 bits per heavy atom. The third-order valence-electron chi connectivity index (χ3n) is 5.50. The Kier molecular flexibility index (Phi) is 8.53. The van der Waals surface area contributed by atoms with E-state index in [0.717, 1.165) is 24.1 Å². The maximum atomic E-state index is 12.9. The number of anilines is 1. The number of carbonyl (C=O) groups excluding carboxylic acids is 1. The number of carbonyl (C=O) groups is 1. The largest absolute Gasteiger partial charge is 0.494 e. The van der Waals surface area contributed by atoms with Crippen LogP contribution in [0.15, 0.2) is 53.1 Å². The van der Waals surface area contributed by atoms with Gasteiger partial charge in [0.15, 0.2) is 5.78 Å². The van der Waals surface area contributed by atoms with Crippen molar-refractivity contribution >= 4 is 22.4 Å². The molecule has 0 atom stereocenters. The first-order valence-electron chi connectivity index (χ1n) is 11.4. The van der Waals surface area contributed by atoms with Gasteiger partial charge in [-0.1, -0.05) is 26.7 Å². The molecule has 166 valence electrons. The number of unbranched alkanes of at least 4 members (excludes halogenated alkanes) is 2. The predicted octanol–water partition coefficient (Wildman–Crippen LogP) is 5.92. The van der Waals surface area contributed by atoms with E-state index in [9.17, 15) is 4.79 Å². The first-order valence-corrected chi connectivity index (χ1v) is 11.4. The first kappa shape index (κ1) is 22.9. The number of benzene rings is 2. The van der Waals surface area contributed by atoms with E-state index in [-0.39, 0.29) is 5.78 Å². The SMILES string of the molecule is CCCCN(CCCC)CCCOc1ccc(C(=O)c2coc3ccc(N)cc23)cc1. The number of nitrogens with zero attached hydrogens (tertiary/aromatic N) is 1. The quantitative estimate of drug-likeness (QED) is 0.210. The van der Waals surface area contributed by atoms with Crippen molar-refractivity contribution in [2.24, 2.45) is 0 Å². The number of nitrogens with two attached hydrogens (primary N) is 1. The van der Waals surface area contributed by atoms with Crippen LogP contribution in [0.1, 0.15) is 61.9 Å². The minimum absolute atomic E-state index is 0.0848. The van der Waals surface area contributed by atoms with E-state index in [1.165, 1.54) is 45.0 Å². The predicted molar refractivity (Wildman–Crippen MR) is 127 cm³/mol. The lowest BCUT2D eigenvalue weighted by molar-refractivity contribution is 0.103. The molecule has 0 aliphatic heterocycles. The summed E-state index contributed by atoms with van der Waals surface area (Å²) in [6, 6.07) is 12.6. The summed E-state index contributed by atoms with van der Waals surface area (Å²) in [5, 5.41) is 0.737. The van der Waals surface area contributed by atoms with Crippen LogP contribution in [0.4, 0.5) is 5.69 Å². The van der Waals surface area contributed by atoms with Gasteiger partial charge in [0.1, 0.15) is 17.6 Å². The van der Waals surface area contributed by atoms with E-state index < -0.39 is 0 Å². The van der Waals surface area contributed by atoms with E-state index in [1.54, 1.807) is 30.3 Å². The Bertz CT molecular complexity index is 954. The third-order valence-corrected chi connectivity index (χ3v) is 5.50. The van der Waals surface area contributed by atoms with E-state index in [4.69, 9.17) is 14.9 Å². The molecule has 1 aromatic heterocycles. The molecule has 0 spiro atoms. The van der Waals surface area contributed by atoms with Crippen LogP contribution < -0.4 is 10.5 Å². The fourth-order valence-electron chi connectivity index (χ4n) is 3.66. The van der Waals surface area contributed by atoms with Crippen molar-refractivity contribution in [2.75, 3.05) is 32.0 Å². The van der Waals surface area contributed by atoms with Crippen LogP contribution in [0.2, 0.25) is 0 Å². The van der Waals surface area contributed by atoms with Crippen LogP contribution in [0.5, 0.6) is 5.75 Å². The molecule has 5 nitrogen and oxygen atoms in total. The average molecular weight is 423 g/mol. The van der Waals surface area contributed by atoms with E-state index in [1.807, 2.05) is 12.1 Å². The van der Waals surface area contributed by atoms with Crippen LogP contribution in [-0.4, -0.2) is 36.9 Å². The molecule has 0 saturated carbocycles. The Morgan fingerprint density at radius 3 is 2.32 bits per heavy atom. The van der Waals surface area contributed by atoms with Crippen LogP contribution in [0.25, 0.3) is 11.0 Å². The van der Waals surface area contributed by atoms with Gasteiger partial charge < -0.3 is 19.8 Å². The maximum Gasteiger partial charge on any atom is 0.196 e. The van der Waals surface area contributed by atoms with Gasteiger partial charge >= 0.3 is 0 Å². The minimum Gasteiger partial charge on any atom is -0.494 e. The monoisotopic (exact) mass is 422 g/mol. The molecule has 0 radical (unpaired) electrons. The highest BCUT2D eigenvalue weighted by molar-refractivity contribution is 6.16. The molecule has 2 aromatic carbocycles. The molecular weight excluding hydrogens is 388 g/mol. The van der Waals surface area contributed by atoms with Gasteiger partial charge in [-0.15, -0.1) is 0 Å². The molecule has 3 aromatic rings. The van der Waals surface area contributed by atoms with Crippen molar-refractivity contribution < 1.29 is 13.9 Å². The highest BCUT2D eigenvalue weighted by Gasteiger charge is 2.16. The fourth-order valence-corrected chi connectivity index (χ4v) is 3.66. The van der Waals surface area contributed by atoms with Crippen LogP contribution >= 0.6 is 0 Å². The number of rotatable bonds is 13. The lowest BCUT2D eigenvalue weighted by atomic mass is 10.0. The molecule has 31 heavy (non-hydrogen) atoms. The fraction of sp³-hybridized carbons (Fsp3) is 0.423. The van der Waals surface area contributed by atoms with Crippen molar-refractivity contribution in [1.29, 1.82) is 0 Å². The van der Waals surface area contributed by atoms with E-state index in [0.29, 0.717) is 29.0 Å².